The van der Waals surface area contributed by atoms with Gasteiger partial charge in [-0.25, -0.2) is 4.79 Å². The van der Waals surface area contributed by atoms with Crippen molar-refractivity contribution in [1.29, 1.82) is 0 Å². The van der Waals surface area contributed by atoms with Crippen molar-refractivity contribution in [2.45, 2.75) is 20.4 Å². The molecule has 0 radical (unpaired) electrons. The lowest BCUT2D eigenvalue weighted by Gasteiger charge is -1.90. The molecule has 0 spiro atoms. The number of hydrogen-bond acceptors (Lipinski definition) is 3. The number of carbonyl (C=O) groups is 1. The van der Waals surface area contributed by atoms with Crippen LogP contribution in [0.15, 0.2) is 12.3 Å². The van der Waals surface area contributed by atoms with E-state index in [2.05, 4.69) is 15.3 Å². The Morgan fingerprint density at radius 2 is 2.38 bits per heavy atom. The molecule has 0 amide bonds. The molecule has 0 atom stereocenters. The highest BCUT2D eigenvalue weighted by molar-refractivity contribution is 5.86. The summed E-state index contributed by atoms with van der Waals surface area (Å²) in [5.41, 5.74) is 2.38. The Balaban J connectivity index is 2.41. The van der Waals surface area contributed by atoms with Gasteiger partial charge in [0.1, 0.15) is 5.69 Å². The van der Waals surface area contributed by atoms with Crippen molar-refractivity contribution in [2.24, 2.45) is 0 Å². The average Bonchev–Trinajstić information content (AvgIpc) is 2.83. The Morgan fingerprint density at radius 3 is 2.88 bits per heavy atom. The van der Waals surface area contributed by atoms with Crippen LogP contribution in [0, 0.1) is 6.92 Å². The first-order valence-electron chi connectivity index (χ1n) is 4.95. The lowest BCUT2D eigenvalue weighted by Crippen LogP contribution is -1.95. The number of aromatic amines is 1. The smallest absolute Gasteiger partial charge is 0.353 e. The molecule has 0 bridgehead atoms. The van der Waals surface area contributed by atoms with Crippen LogP contribution in [0.2, 0.25) is 0 Å². The predicted octanol–water partition coefficient (Wildman–Crippen LogP) is 1.30. The van der Waals surface area contributed by atoms with Crippen molar-refractivity contribution < 1.29 is 9.90 Å². The van der Waals surface area contributed by atoms with Gasteiger partial charge in [-0.3, -0.25) is 9.78 Å². The number of aromatic nitrogens is 4. The first-order chi connectivity index (χ1) is 7.61. The highest BCUT2D eigenvalue weighted by atomic mass is 16.4. The molecule has 0 aliphatic carbocycles. The predicted molar refractivity (Wildman–Crippen MR) is 57.2 cm³/mol. The van der Waals surface area contributed by atoms with E-state index in [0.717, 1.165) is 17.8 Å². The molecule has 6 nitrogen and oxygen atoms in total. The van der Waals surface area contributed by atoms with Gasteiger partial charge in [-0.2, -0.15) is 10.2 Å². The summed E-state index contributed by atoms with van der Waals surface area (Å²) in [6, 6.07) is 1.51. The zero-order chi connectivity index (χ0) is 11.7. The fraction of sp³-hybridized carbons (Fsp3) is 0.300. The number of nitrogens with zero attached hydrogens (tertiary/aromatic N) is 3. The second-order valence-corrected chi connectivity index (χ2v) is 3.46. The average molecular weight is 220 g/mol. The van der Waals surface area contributed by atoms with E-state index in [-0.39, 0.29) is 5.69 Å². The zero-order valence-corrected chi connectivity index (χ0v) is 9.06. The summed E-state index contributed by atoms with van der Waals surface area (Å²) in [5, 5.41) is 19.5. The molecule has 0 fully saturated rings. The molecule has 2 N–H and O–H groups in total. The van der Waals surface area contributed by atoms with E-state index in [4.69, 9.17) is 5.11 Å². The molecule has 84 valence electrons. The largest absolute Gasteiger partial charge is 0.477 e. The van der Waals surface area contributed by atoms with E-state index in [0.29, 0.717) is 5.69 Å². The van der Waals surface area contributed by atoms with Gasteiger partial charge in [0.2, 0.25) is 0 Å². The molecular weight excluding hydrogens is 208 g/mol. The summed E-state index contributed by atoms with van der Waals surface area (Å²) in [6.45, 7) is 4.64. The second-order valence-electron chi connectivity index (χ2n) is 3.46. The monoisotopic (exact) mass is 220 g/mol. The van der Waals surface area contributed by atoms with Crippen molar-refractivity contribution in [3.05, 3.63) is 23.7 Å². The maximum atomic E-state index is 10.7. The van der Waals surface area contributed by atoms with Crippen LogP contribution in [0.1, 0.15) is 23.1 Å². The van der Waals surface area contributed by atoms with Crippen molar-refractivity contribution >= 4 is 5.97 Å². The zero-order valence-electron chi connectivity index (χ0n) is 9.06. The normalized spacial score (nSPS) is 10.6. The van der Waals surface area contributed by atoms with Crippen LogP contribution in [-0.4, -0.2) is 31.1 Å². The van der Waals surface area contributed by atoms with E-state index >= 15 is 0 Å². The third-order valence-electron chi connectivity index (χ3n) is 2.35. The molecule has 0 aliphatic rings. The summed E-state index contributed by atoms with van der Waals surface area (Å²) in [4.78, 5) is 10.7. The minimum Gasteiger partial charge on any atom is -0.477 e. The third-order valence-corrected chi connectivity index (χ3v) is 2.35. The minimum atomic E-state index is -1.01. The van der Waals surface area contributed by atoms with E-state index in [9.17, 15) is 4.79 Å². The molecule has 0 saturated carbocycles. The van der Waals surface area contributed by atoms with Gasteiger partial charge in [0, 0.05) is 18.3 Å². The van der Waals surface area contributed by atoms with Crippen LogP contribution in [0.5, 0.6) is 0 Å². The molecule has 16 heavy (non-hydrogen) atoms. The Morgan fingerprint density at radius 1 is 1.62 bits per heavy atom. The minimum absolute atomic E-state index is 0.0821. The summed E-state index contributed by atoms with van der Waals surface area (Å²) < 4.78 is 1.79. The van der Waals surface area contributed by atoms with E-state index in [1.165, 1.54) is 6.07 Å². The van der Waals surface area contributed by atoms with Gasteiger partial charge < -0.3 is 5.11 Å². The van der Waals surface area contributed by atoms with E-state index in [1.54, 1.807) is 4.68 Å². The Labute approximate surface area is 91.9 Å². The van der Waals surface area contributed by atoms with Crippen LogP contribution >= 0.6 is 0 Å². The lowest BCUT2D eigenvalue weighted by atomic mass is 10.2. The molecule has 0 saturated heterocycles. The van der Waals surface area contributed by atoms with Crippen molar-refractivity contribution in [1.82, 2.24) is 20.0 Å². The van der Waals surface area contributed by atoms with Gasteiger partial charge in [-0.1, -0.05) is 0 Å². The quantitative estimate of drug-likeness (QED) is 0.816. The summed E-state index contributed by atoms with van der Waals surface area (Å²) in [5.74, 6) is -1.01. The number of hydrogen-bond donors (Lipinski definition) is 2. The van der Waals surface area contributed by atoms with E-state index in [1.807, 2.05) is 20.0 Å². The Kier molecular flexibility index (Phi) is 2.47. The maximum Gasteiger partial charge on any atom is 0.353 e. The second kappa shape index (κ2) is 3.80. The molecule has 2 heterocycles. The van der Waals surface area contributed by atoms with Crippen LogP contribution in [0.4, 0.5) is 0 Å². The molecular formula is C10H12N4O2. The fourth-order valence-corrected chi connectivity index (χ4v) is 1.50. The Hall–Kier alpha value is -2.11. The fourth-order valence-electron chi connectivity index (χ4n) is 1.50. The SMILES string of the molecule is CCn1cc(-c2cc(C(=O)O)[nH]n2)c(C)n1. The molecule has 0 unspecified atom stereocenters. The van der Waals surface area contributed by atoms with Crippen LogP contribution < -0.4 is 0 Å². The van der Waals surface area contributed by atoms with Crippen LogP contribution in [0.3, 0.4) is 0 Å². The number of aryl methyl sites for hydroxylation is 2. The van der Waals surface area contributed by atoms with Gasteiger partial charge >= 0.3 is 5.97 Å². The van der Waals surface area contributed by atoms with Gasteiger partial charge in [0.15, 0.2) is 0 Å². The summed E-state index contributed by atoms with van der Waals surface area (Å²) >= 11 is 0. The molecule has 2 rings (SSSR count). The number of carboxylic acid groups (broad SMARTS) is 1. The van der Waals surface area contributed by atoms with Crippen LogP contribution in [-0.2, 0) is 6.54 Å². The number of carboxylic acids is 1. The third kappa shape index (κ3) is 1.69. The number of aromatic carboxylic acids is 1. The molecule has 2 aromatic rings. The topological polar surface area (TPSA) is 83.8 Å². The Bertz CT molecular complexity index is 527. The molecule has 6 heteroatoms. The maximum absolute atomic E-state index is 10.7. The standard InChI is InChI=1S/C10H12N4O2/c1-3-14-5-7(6(2)13-14)8-4-9(10(15)16)12-11-8/h4-5H,3H2,1-2H3,(H,11,12)(H,15,16). The van der Waals surface area contributed by atoms with Crippen molar-refractivity contribution in [3.63, 3.8) is 0 Å². The molecule has 0 aliphatic heterocycles. The van der Waals surface area contributed by atoms with Gasteiger partial charge in [0.25, 0.3) is 0 Å². The van der Waals surface area contributed by atoms with Crippen molar-refractivity contribution in [2.75, 3.05) is 0 Å². The highest BCUT2D eigenvalue weighted by Gasteiger charge is 2.13. The summed E-state index contributed by atoms with van der Waals surface area (Å²) in [6.07, 6.45) is 1.86. The number of rotatable bonds is 3. The lowest BCUT2D eigenvalue weighted by molar-refractivity contribution is 0.0690. The molecule has 2 aromatic heterocycles. The highest BCUT2D eigenvalue weighted by Crippen LogP contribution is 2.20. The first kappa shape index (κ1) is 10.4. The van der Waals surface area contributed by atoms with Gasteiger partial charge in [-0.05, 0) is 19.9 Å². The van der Waals surface area contributed by atoms with Crippen LogP contribution in [0.25, 0.3) is 11.3 Å². The molecule has 0 aromatic carbocycles. The number of H-pyrrole nitrogens is 1. The van der Waals surface area contributed by atoms with Crippen molar-refractivity contribution in [3.8, 4) is 11.3 Å². The van der Waals surface area contributed by atoms with Gasteiger partial charge in [-0.15, -0.1) is 0 Å². The summed E-state index contributed by atoms with van der Waals surface area (Å²) in [7, 11) is 0. The number of nitrogens with one attached hydrogen (secondary N) is 1. The first-order valence-corrected chi connectivity index (χ1v) is 4.95. The van der Waals surface area contributed by atoms with E-state index < -0.39 is 5.97 Å². The van der Waals surface area contributed by atoms with Gasteiger partial charge in [0.05, 0.1) is 11.4 Å².